The van der Waals surface area contributed by atoms with Crippen molar-refractivity contribution in [3.63, 3.8) is 0 Å². The maximum atomic E-state index is 12.1. The van der Waals surface area contributed by atoms with Crippen molar-refractivity contribution in [2.24, 2.45) is 0 Å². The first-order chi connectivity index (χ1) is 18.3. The molecule has 0 unspecified atom stereocenters. The van der Waals surface area contributed by atoms with Crippen molar-refractivity contribution in [1.82, 2.24) is 15.1 Å². The number of rotatable bonds is 3. The van der Waals surface area contributed by atoms with Crippen LogP contribution in [0.1, 0.15) is 23.1 Å². The van der Waals surface area contributed by atoms with Gasteiger partial charge < -0.3 is 10.0 Å². The van der Waals surface area contributed by atoms with E-state index in [9.17, 15) is 33.9 Å². The van der Waals surface area contributed by atoms with Gasteiger partial charge in [-0.25, -0.2) is 4.79 Å². The van der Waals surface area contributed by atoms with E-state index in [1.54, 1.807) is 19.1 Å². The van der Waals surface area contributed by atoms with E-state index in [1.165, 1.54) is 32.3 Å². The summed E-state index contributed by atoms with van der Waals surface area (Å²) in [5, 5.41) is 11.5. The molecular formula is C28H28N4O7. The van der Waals surface area contributed by atoms with Crippen LogP contribution in [0.15, 0.2) is 53.6 Å². The number of carbonyl (C=O) groups excluding carboxylic acids is 6. The smallest absolute Gasteiger partial charge is 0.333 e. The molecule has 0 saturated carbocycles. The van der Waals surface area contributed by atoms with Gasteiger partial charge in [-0.1, -0.05) is 18.2 Å². The molecule has 2 aliphatic heterocycles. The van der Waals surface area contributed by atoms with Crippen molar-refractivity contribution >= 4 is 53.3 Å². The van der Waals surface area contributed by atoms with Crippen molar-refractivity contribution in [1.29, 1.82) is 0 Å². The number of hydrogen-bond donors (Lipinski definition) is 2. The van der Waals surface area contributed by atoms with Gasteiger partial charge in [0.1, 0.15) is 11.3 Å². The fraction of sp³-hybridized carbons (Fsp3) is 0.214. The Hall–Kier alpha value is -5.06. The Morgan fingerprint density at radius 1 is 0.821 bits per heavy atom. The van der Waals surface area contributed by atoms with Crippen molar-refractivity contribution in [2.75, 3.05) is 33.1 Å². The summed E-state index contributed by atoms with van der Waals surface area (Å²) in [5.74, 6) is -2.77. The summed E-state index contributed by atoms with van der Waals surface area (Å²) in [5.41, 5.74) is 2.95. The maximum absolute atomic E-state index is 12.1. The molecule has 2 heterocycles. The normalized spacial score (nSPS) is 16.7. The second-order valence-corrected chi connectivity index (χ2v) is 9.14. The molecule has 2 N–H and O–H groups in total. The molecule has 0 spiro atoms. The lowest BCUT2D eigenvalue weighted by Crippen LogP contribution is -2.52. The van der Waals surface area contributed by atoms with Crippen LogP contribution in [-0.2, 0) is 24.0 Å². The van der Waals surface area contributed by atoms with Gasteiger partial charge in [0.25, 0.3) is 17.7 Å². The molecule has 202 valence electrons. The molecule has 0 radical (unpaired) electrons. The van der Waals surface area contributed by atoms with Crippen LogP contribution in [0.2, 0.25) is 0 Å². The molecule has 0 aliphatic carbocycles. The minimum absolute atomic E-state index is 0.0165. The standard InChI is InChI=1S/C15H17N3O3.C13H11NO4/c1-16(2)11-7-5-10(6-8-11)9-12-13(19)17(3)15(21)18(4)14(12)20;1-7-4-8(2-3-10(7)15)5-9-11(16)6-12(17)14-13(9)18/h5-9H,1-4H3;2-5,15H,6H2,1H3,(H,14,17,18)/b;9-5+. The quantitative estimate of drug-likeness (QED) is 0.264. The molecule has 2 saturated heterocycles. The molecule has 2 aromatic carbocycles. The molecule has 4 rings (SSSR count). The molecule has 0 aromatic heterocycles. The Balaban J connectivity index is 0.000000218. The van der Waals surface area contributed by atoms with Crippen LogP contribution in [0.25, 0.3) is 12.2 Å². The van der Waals surface area contributed by atoms with Gasteiger partial charge in [0.15, 0.2) is 5.78 Å². The molecule has 11 heteroatoms. The van der Waals surface area contributed by atoms with E-state index >= 15 is 0 Å². The number of anilines is 1. The summed E-state index contributed by atoms with van der Waals surface area (Å²) in [4.78, 5) is 73.6. The van der Waals surface area contributed by atoms with E-state index in [1.807, 2.05) is 43.3 Å². The fourth-order valence-electron chi connectivity index (χ4n) is 3.70. The van der Waals surface area contributed by atoms with E-state index in [2.05, 4.69) is 5.32 Å². The van der Waals surface area contributed by atoms with Crippen LogP contribution in [0.4, 0.5) is 10.5 Å². The number of likely N-dealkylation sites (N-methyl/N-ethyl adjacent to an activating group) is 2. The zero-order valence-corrected chi connectivity index (χ0v) is 22.1. The Morgan fingerprint density at radius 3 is 1.87 bits per heavy atom. The number of hydrogen-bond acceptors (Lipinski definition) is 8. The van der Waals surface area contributed by atoms with Crippen LogP contribution in [0, 0.1) is 6.92 Å². The number of barbiturate groups is 1. The Kier molecular flexibility index (Phi) is 8.44. The van der Waals surface area contributed by atoms with Crippen molar-refractivity contribution in [3.8, 4) is 5.75 Å². The van der Waals surface area contributed by atoms with Crippen LogP contribution in [-0.4, -0.2) is 78.5 Å². The first-order valence-electron chi connectivity index (χ1n) is 11.8. The molecule has 0 atom stereocenters. The lowest BCUT2D eigenvalue weighted by atomic mass is 10.00. The summed E-state index contributed by atoms with van der Waals surface area (Å²) in [6, 6.07) is 11.5. The lowest BCUT2D eigenvalue weighted by Gasteiger charge is -2.28. The Labute approximate surface area is 225 Å². The predicted molar refractivity (Wildman–Crippen MR) is 143 cm³/mol. The number of urea groups is 1. The fourth-order valence-corrected chi connectivity index (χ4v) is 3.70. The number of nitrogens with zero attached hydrogens (tertiary/aromatic N) is 3. The number of carbonyl (C=O) groups is 6. The monoisotopic (exact) mass is 532 g/mol. The summed E-state index contributed by atoms with van der Waals surface area (Å²) >= 11 is 0. The molecule has 39 heavy (non-hydrogen) atoms. The number of ketones is 1. The highest BCUT2D eigenvalue weighted by Gasteiger charge is 2.37. The van der Waals surface area contributed by atoms with Gasteiger partial charge >= 0.3 is 6.03 Å². The summed E-state index contributed by atoms with van der Waals surface area (Å²) in [7, 11) is 6.57. The number of aromatic hydroxyl groups is 1. The van der Waals surface area contributed by atoms with E-state index in [-0.39, 0.29) is 23.3 Å². The minimum atomic E-state index is -0.679. The van der Waals surface area contributed by atoms with Crippen molar-refractivity contribution in [3.05, 3.63) is 70.3 Å². The van der Waals surface area contributed by atoms with Crippen molar-refractivity contribution in [2.45, 2.75) is 13.3 Å². The third-order valence-electron chi connectivity index (χ3n) is 6.02. The highest BCUT2D eigenvalue weighted by atomic mass is 16.3. The van der Waals surface area contributed by atoms with Crippen LogP contribution in [0.3, 0.4) is 0 Å². The number of phenols is 1. The molecule has 6 amide bonds. The van der Waals surface area contributed by atoms with Gasteiger partial charge in [0, 0.05) is 33.9 Å². The van der Waals surface area contributed by atoms with Crippen LogP contribution < -0.4 is 10.2 Å². The van der Waals surface area contributed by atoms with Gasteiger partial charge in [-0.05, 0) is 60.0 Å². The topological polar surface area (TPSA) is 144 Å². The molecule has 2 aliphatic rings. The van der Waals surface area contributed by atoms with E-state index in [0.717, 1.165) is 21.1 Å². The Bertz CT molecular complexity index is 1390. The van der Waals surface area contributed by atoms with Gasteiger partial charge in [-0.15, -0.1) is 0 Å². The Morgan fingerprint density at radius 2 is 1.36 bits per heavy atom. The lowest BCUT2D eigenvalue weighted by molar-refractivity contribution is -0.136. The van der Waals surface area contributed by atoms with Gasteiger partial charge in [-0.3, -0.25) is 39.1 Å². The number of amides is 6. The first kappa shape index (κ1) is 28.5. The summed E-state index contributed by atoms with van der Waals surface area (Å²) in [6.45, 7) is 1.71. The molecular weight excluding hydrogens is 504 g/mol. The molecule has 2 aromatic rings. The van der Waals surface area contributed by atoms with E-state index in [0.29, 0.717) is 11.1 Å². The van der Waals surface area contributed by atoms with Crippen LogP contribution >= 0.6 is 0 Å². The summed E-state index contributed by atoms with van der Waals surface area (Å²) < 4.78 is 0. The predicted octanol–water partition coefficient (Wildman–Crippen LogP) is 1.89. The largest absolute Gasteiger partial charge is 0.508 e. The molecule has 2 fully saturated rings. The molecule has 11 nitrogen and oxygen atoms in total. The van der Waals surface area contributed by atoms with Gasteiger partial charge in [0.2, 0.25) is 5.91 Å². The van der Waals surface area contributed by atoms with Gasteiger partial charge in [-0.2, -0.15) is 0 Å². The number of imide groups is 3. The number of Topliss-reactive ketones (excluding diaryl/α,β-unsaturated/α-hetero) is 1. The maximum Gasteiger partial charge on any atom is 0.333 e. The minimum Gasteiger partial charge on any atom is -0.508 e. The second kappa shape index (κ2) is 11.5. The zero-order chi connectivity index (χ0) is 29.0. The first-order valence-corrected chi connectivity index (χ1v) is 11.8. The molecule has 0 bridgehead atoms. The van der Waals surface area contributed by atoms with E-state index < -0.39 is 35.4 Å². The highest BCUT2D eigenvalue weighted by Crippen LogP contribution is 2.21. The average Bonchev–Trinajstić information content (AvgIpc) is 2.89. The number of aryl methyl sites for hydroxylation is 1. The van der Waals surface area contributed by atoms with Crippen LogP contribution in [0.5, 0.6) is 5.75 Å². The highest BCUT2D eigenvalue weighted by molar-refractivity contribution is 6.32. The van der Waals surface area contributed by atoms with Gasteiger partial charge in [0.05, 0.1) is 12.0 Å². The number of nitrogens with one attached hydrogen (secondary N) is 1. The summed E-state index contributed by atoms with van der Waals surface area (Å²) in [6.07, 6.45) is 2.61. The van der Waals surface area contributed by atoms with E-state index in [4.69, 9.17) is 0 Å². The van der Waals surface area contributed by atoms with Crippen molar-refractivity contribution < 1.29 is 33.9 Å². The number of piperidine rings is 1. The SMILES string of the molecule is CN1C(=O)C(=Cc2ccc(N(C)C)cc2)C(=O)N(C)C1=O.Cc1cc(/C=C2\C(=O)CC(=O)NC2=O)ccc1O. The second-order valence-electron chi connectivity index (χ2n) is 9.14. The number of benzene rings is 2. The third kappa shape index (κ3) is 6.45. The zero-order valence-electron chi connectivity index (χ0n) is 22.1. The third-order valence-corrected chi connectivity index (χ3v) is 6.02. The average molecular weight is 533 g/mol. The number of phenolic OH excluding ortho intramolecular Hbond substituents is 1.